The maximum absolute atomic E-state index is 11.4. The molecule has 0 atom stereocenters. The lowest BCUT2D eigenvalue weighted by Gasteiger charge is -2.02. The van der Waals surface area contributed by atoms with Crippen molar-refractivity contribution in [3.63, 3.8) is 0 Å². The molecule has 0 radical (unpaired) electrons. The summed E-state index contributed by atoms with van der Waals surface area (Å²) < 4.78 is 0. The highest BCUT2D eigenvalue weighted by Gasteiger charge is 2.03. The number of nitrogen functional groups attached to an aromatic ring is 1. The van der Waals surface area contributed by atoms with Crippen LogP contribution in [0.5, 0.6) is 0 Å². The molecule has 3 N–H and O–H groups in total. The Labute approximate surface area is 77.2 Å². The van der Waals surface area contributed by atoms with Crippen molar-refractivity contribution in [3.05, 3.63) is 23.9 Å². The van der Waals surface area contributed by atoms with Gasteiger partial charge in [0.05, 0.1) is 0 Å². The second-order valence-electron chi connectivity index (χ2n) is 2.73. The van der Waals surface area contributed by atoms with Gasteiger partial charge in [-0.15, -0.1) is 0 Å². The van der Waals surface area contributed by atoms with Crippen molar-refractivity contribution in [2.24, 2.45) is 0 Å². The first-order valence-corrected chi connectivity index (χ1v) is 4.23. The Kier molecular flexibility index (Phi) is 3.25. The maximum Gasteiger partial charge on any atom is 0.251 e. The van der Waals surface area contributed by atoms with Crippen molar-refractivity contribution >= 4 is 11.7 Å². The van der Waals surface area contributed by atoms with Gasteiger partial charge in [-0.1, -0.05) is 6.92 Å². The third-order valence-corrected chi connectivity index (χ3v) is 1.58. The van der Waals surface area contributed by atoms with E-state index < -0.39 is 0 Å². The van der Waals surface area contributed by atoms with Crippen molar-refractivity contribution in [3.8, 4) is 0 Å². The Morgan fingerprint density at radius 3 is 3.08 bits per heavy atom. The fourth-order valence-electron chi connectivity index (χ4n) is 0.930. The highest BCUT2D eigenvalue weighted by molar-refractivity contribution is 5.94. The van der Waals surface area contributed by atoms with E-state index in [9.17, 15) is 4.79 Å². The van der Waals surface area contributed by atoms with Crippen LogP contribution in [0.15, 0.2) is 18.3 Å². The van der Waals surface area contributed by atoms with E-state index in [1.807, 2.05) is 6.92 Å². The van der Waals surface area contributed by atoms with Crippen LogP contribution in [-0.4, -0.2) is 17.4 Å². The molecule has 1 rings (SSSR count). The zero-order valence-corrected chi connectivity index (χ0v) is 7.58. The Morgan fingerprint density at radius 2 is 2.46 bits per heavy atom. The van der Waals surface area contributed by atoms with Gasteiger partial charge < -0.3 is 11.1 Å². The second kappa shape index (κ2) is 4.45. The third-order valence-electron chi connectivity index (χ3n) is 1.58. The molecule has 1 amide bonds. The van der Waals surface area contributed by atoms with Gasteiger partial charge in [0, 0.05) is 18.3 Å². The number of amides is 1. The van der Waals surface area contributed by atoms with E-state index >= 15 is 0 Å². The van der Waals surface area contributed by atoms with E-state index in [1.165, 1.54) is 6.20 Å². The van der Waals surface area contributed by atoms with Crippen LogP contribution < -0.4 is 11.1 Å². The second-order valence-corrected chi connectivity index (χ2v) is 2.73. The van der Waals surface area contributed by atoms with Gasteiger partial charge in [-0.3, -0.25) is 4.79 Å². The van der Waals surface area contributed by atoms with Gasteiger partial charge in [-0.25, -0.2) is 4.98 Å². The van der Waals surface area contributed by atoms with E-state index in [4.69, 9.17) is 5.73 Å². The summed E-state index contributed by atoms with van der Waals surface area (Å²) in [6.45, 7) is 2.68. The molecular formula is C9H13N3O. The van der Waals surface area contributed by atoms with E-state index in [0.29, 0.717) is 17.9 Å². The van der Waals surface area contributed by atoms with Gasteiger partial charge >= 0.3 is 0 Å². The molecule has 4 nitrogen and oxygen atoms in total. The standard InChI is InChI=1S/C9H13N3O/c1-2-4-12-9(13)7-3-5-11-8(10)6-7/h3,5-6H,2,4H2,1H3,(H2,10,11)(H,12,13). The van der Waals surface area contributed by atoms with Crippen molar-refractivity contribution in [1.29, 1.82) is 0 Å². The molecule has 0 fully saturated rings. The number of nitrogens with zero attached hydrogens (tertiary/aromatic N) is 1. The molecule has 0 aliphatic rings. The van der Waals surface area contributed by atoms with Crippen molar-refractivity contribution in [1.82, 2.24) is 10.3 Å². The summed E-state index contributed by atoms with van der Waals surface area (Å²) in [6, 6.07) is 3.20. The minimum absolute atomic E-state index is 0.101. The van der Waals surface area contributed by atoms with Gasteiger partial charge in [-0.2, -0.15) is 0 Å². The summed E-state index contributed by atoms with van der Waals surface area (Å²) in [4.78, 5) is 15.2. The molecule has 0 saturated carbocycles. The molecule has 0 aromatic carbocycles. The van der Waals surface area contributed by atoms with Crippen LogP contribution >= 0.6 is 0 Å². The Bertz CT molecular complexity index is 299. The quantitative estimate of drug-likeness (QED) is 0.721. The van der Waals surface area contributed by atoms with Gasteiger partial charge in [0.25, 0.3) is 5.91 Å². The SMILES string of the molecule is CCCNC(=O)c1ccnc(N)c1. The van der Waals surface area contributed by atoms with Crippen LogP contribution in [0.4, 0.5) is 5.82 Å². The Hall–Kier alpha value is -1.58. The molecule has 1 aromatic rings. The summed E-state index contributed by atoms with van der Waals surface area (Å²) in [5, 5.41) is 2.75. The number of aromatic nitrogens is 1. The molecule has 0 saturated heterocycles. The number of nitrogens with one attached hydrogen (secondary N) is 1. The van der Waals surface area contributed by atoms with Crippen molar-refractivity contribution in [2.45, 2.75) is 13.3 Å². The normalized spacial score (nSPS) is 9.62. The van der Waals surface area contributed by atoms with Gasteiger partial charge in [0.1, 0.15) is 5.82 Å². The molecular weight excluding hydrogens is 166 g/mol. The summed E-state index contributed by atoms with van der Waals surface area (Å²) in [5.74, 6) is 0.264. The number of anilines is 1. The predicted octanol–water partition coefficient (Wildman–Crippen LogP) is 0.804. The van der Waals surface area contributed by atoms with Crippen LogP contribution in [0.2, 0.25) is 0 Å². The number of hydrogen-bond donors (Lipinski definition) is 2. The Balaban J connectivity index is 2.66. The first-order chi connectivity index (χ1) is 6.24. The average molecular weight is 179 g/mol. The van der Waals surface area contributed by atoms with Gasteiger partial charge in [-0.05, 0) is 18.6 Å². The molecule has 0 unspecified atom stereocenters. The number of carbonyl (C=O) groups is 1. The zero-order valence-electron chi connectivity index (χ0n) is 7.58. The topological polar surface area (TPSA) is 68.0 Å². The largest absolute Gasteiger partial charge is 0.384 e. The minimum Gasteiger partial charge on any atom is -0.384 e. The lowest BCUT2D eigenvalue weighted by atomic mass is 10.2. The summed E-state index contributed by atoms with van der Waals surface area (Å²) in [5.41, 5.74) is 5.99. The minimum atomic E-state index is -0.101. The fourth-order valence-corrected chi connectivity index (χ4v) is 0.930. The highest BCUT2D eigenvalue weighted by atomic mass is 16.1. The number of carbonyl (C=O) groups excluding carboxylic acids is 1. The van der Waals surface area contributed by atoms with E-state index in [0.717, 1.165) is 6.42 Å². The van der Waals surface area contributed by atoms with E-state index in [1.54, 1.807) is 12.1 Å². The molecule has 1 aromatic heterocycles. The first-order valence-electron chi connectivity index (χ1n) is 4.23. The monoisotopic (exact) mass is 179 g/mol. The molecule has 13 heavy (non-hydrogen) atoms. The number of rotatable bonds is 3. The molecule has 4 heteroatoms. The molecule has 1 heterocycles. The Morgan fingerprint density at radius 1 is 1.69 bits per heavy atom. The molecule has 0 spiro atoms. The number of hydrogen-bond acceptors (Lipinski definition) is 3. The predicted molar refractivity (Wildman–Crippen MR) is 51.3 cm³/mol. The molecule has 0 aliphatic carbocycles. The lowest BCUT2D eigenvalue weighted by molar-refractivity contribution is 0.0953. The zero-order chi connectivity index (χ0) is 9.68. The summed E-state index contributed by atoms with van der Waals surface area (Å²) >= 11 is 0. The number of nitrogens with two attached hydrogens (primary N) is 1. The third kappa shape index (κ3) is 2.74. The van der Waals surface area contributed by atoms with E-state index in [2.05, 4.69) is 10.3 Å². The van der Waals surface area contributed by atoms with Crippen LogP contribution in [0.25, 0.3) is 0 Å². The van der Waals surface area contributed by atoms with Crippen molar-refractivity contribution in [2.75, 3.05) is 12.3 Å². The van der Waals surface area contributed by atoms with Crippen LogP contribution in [0.1, 0.15) is 23.7 Å². The van der Waals surface area contributed by atoms with Gasteiger partial charge in [0.15, 0.2) is 0 Å². The van der Waals surface area contributed by atoms with E-state index in [-0.39, 0.29) is 5.91 Å². The molecule has 70 valence electrons. The van der Waals surface area contributed by atoms with Crippen LogP contribution in [0.3, 0.4) is 0 Å². The maximum atomic E-state index is 11.4. The molecule has 0 bridgehead atoms. The summed E-state index contributed by atoms with van der Waals surface area (Å²) in [7, 11) is 0. The smallest absolute Gasteiger partial charge is 0.251 e. The van der Waals surface area contributed by atoms with Gasteiger partial charge in [0.2, 0.25) is 0 Å². The highest BCUT2D eigenvalue weighted by Crippen LogP contribution is 2.02. The first kappa shape index (κ1) is 9.51. The lowest BCUT2D eigenvalue weighted by Crippen LogP contribution is -2.24. The van der Waals surface area contributed by atoms with Crippen LogP contribution in [-0.2, 0) is 0 Å². The average Bonchev–Trinajstić information content (AvgIpc) is 2.14. The fraction of sp³-hybridized carbons (Fsp3) is 0.333. The number of pyridine rings is 1. The van der Waals surface area contributed by atoms with Crippen LogP contribution in [0, 0.1) is 0 Å². The summed E-state index contributed by atoms with van der Waals surface area (Å²) in [6.07, 6.45) is 2.45. The van der Waals surface area contributed by atoms with Crippen molar-refractivity contribution < 1.29 is 4.79 Å². The molecule has 0 aliphatic heterocycles.